The van der Waals surface area contributed by atoms with Crippen molar-refractivity contribution in [2.24, 2.45) is 5.92 Å². The largest absolute Gasteiger partial charge is 0.445 e. The van der Waals surface area contributed by atoms with Gasteiger partial charge in [0.05, 0.1) is 29.2 Å². The number of hydrogen-bond acceptors (Lipinski definition) is 7. The lowest BCUT2D eigenvalue weighted by Gasteiger charge is -2.33. The number of halogens is 1. The summed E-state index contributed by atoms with van der Waals surface area (Å²) in [6.45, 7) is 9.55. The highest BCUT2D eigenvalue weighted by Crippen LogP contribution is 2.34. The van der Waals surface area contributed by atoms with Crippen molar-refractivity contribution in [2.75, 3.05) is 18.4 Å². The minimum Gasteiger partial charge on any atom is -0.445 e. The first-order chi connectivity index (χ1) is 18.9. The SMILES string of the molecule is CC(C)OC(=O)n1nc(NC(=O)[C@@H]2CCCN(C(=O)OC(C)(C)C)C2)c2cc(-c3cc(C#N)ccc3Cl)ccc21. The molecule has 40 heavy (non-hydrogen) atoms. The molecule has 2 aromatic carbocycles. The zero-order valence-corrected chi connectivity index (χ0v) is 23.9. The monoisotopic (exact) mass is 565 g/mol. The van der Waals surface area contributed by atoms with Crippen LogP contribution in [-0.4, -0.2) is 57.6 Å². The third-order valence-electron chi connectivity index (χ3n) is 6.28. The molecule has 1 aliphatic rings. The molecule has 210 valence electrons. The maximum Gasteiger partial charge on any atom is 0.435 e. The van der Waals surface area contributed by atoms with Crippen LogP contribution >= 0.6 is 11.6 Å². The average Bonchev–Trinajstić information content (AvgIpc) is 3.25. The molecule has 1 fully saturated rings. The summed E-state index contributed by atoms with van der Waals surface area (Å²) in [5.74, 6) is -0.648. The Morgan fingerprint density at radius 2 is 1.90 bits per heavy atom. The Balaban J connectivity index is 1.68. The lowest BCUT2D eigenvalue weighted by Crippen LogP contribution is -2.45. The van der Waals surface area contributed by atoms with Crippen LogP contribution in [0.1, 0.15) is 53.0 Å². The Hall–Kier alpha value is -4.10. The first-order valence-electron chi connectivity index (χ1n) is 13.1. The average molecular weight is 566 g/mol. The number of carbonyl (C=O) groups is 3. The van der Waals surface area contributed by atoms with Crippen LogP contribution in [0.25, 0.3) is 22.0 Å². The first-order valence-corrected chi connectivity index (χ1v) is 13.5. The summed E-state index contributed by atoms with van der Waals surface area (Å²) in [5.41, 5.74) is 1.52. The molecule has 1 aliphatic heterocycles. The van der Waals surface area contributed by atoms with Crippen LogP contribution in [0.15, 0.2) is 36.4 Å². The minimum atomic E-state index is -0.688. The first kappa shape index (κ1) is 28.9. The zero-order chi connectivity index (χ0) is 29.2. The molecular formula is C29H32ClN5O5. The molecule has 0 aliphatic carbocycles. The van der Waals surface area contributed by atoms with Gasteiger partial charge in [-0.3, -0.25) is 4.79 Å². The molecule has 1 saturated heterocycles. The van der Waals surface area contributed by atoms with Gasteiger partial charge in [-0.05, 0) is 83.4 Å². The number of benzene rings is 2. The topological polar surface area (TPSA) is 127 Å². The van der Waals surface area contributed by atoms with Gasteiger partial charge in [0, 0.05) is 29.1 Å². The number of nitrogens with one attached hydrogen (secondary N) is 1. The van der Waals surface area contributed by atoms with E-state index in [2.05, 4.69) is 16.5 Å². The number of rotatable bonds is 4. The lowest BCUT2D eigenvalue weighted by molar-refractivity contribution is -0.121. The summed E-state index contributed by atoms with van der Waals surface area (Å²) < 4.78 is 11.9. The maximum atomic E-state index is 13.4. The van der Waals surface area contributed by atoms with E-state index in [9.17, 15) is 19.6 Å². The van der Waals surface area contributed by atoms with E-state index in [1.54, 1.807) is 71.0 Å². The fourth-order valence-corrected chi connectivity index (χ4v) is 4.71. The molecule has 11 heteroatoms. The van der Waals surface area contributed by atoms with Gasteiger partial charge in [-0.15, -0.1) is 5.10 Å². The molecule has 2 amide bonds. The van der Waals surface area contributed by atoms with Crippen LogP contribution in [0, 0.1) is 17.2 Å². The van der Waals surface area contributed by atoms with Gasteiger partial charge < -0.3 is 19.7 Å². The van der Waals surface area contributed by atoms with Gasteiger partial charge in [0.15, 0.2) is 5.82 Å². The highest BCUT2D eigenvalue weighted by Gasteiger charge is 2.32. The number of ether oxygens (including phenoxy) is 2. The van der Waals surface area contributed by atoms with Crippen molar-refractivity contribution in [2.45, 2.75) is 59.2 Å². The molecule has 0 unspecified atom stereocenters. The number of carbonyl (C=O) groups excluding carboxylic acids is 3. The van der Waals surface area contributed by atoms with Gasteiger partial charge in [-0.2, -0.15) is 9.94 Å². The predicted molar refractivity (Wildman–Crippen MR) is 151 cm³/mol. The molecule has 0 saturated carbocycles. The van der Waals surface area contributed by atoms with E-state index in [4.69, 9.17) is 21.1 Å². The van der Waals surface area contributed by atoms with Crippen molar-refractivity contribution in [1.82, 2.24) is 14.7 Å². The second-order valence-electron chi connectivity index (χ2n) is 11.0. The zero-order valence-electron chi connectivity index (χ0n) is 23.2. The second-order valence-corrected chi connectivity index (χ2v) is 11.4. The minimum absolute atomic E-state index is 0.171. The van der Waals surface area contributed by atoms with Crippen LogP contribution in [0.3, 0.4) is 0 Å². The number of nitriles is 1. The lowest BCUT2D eigenvalue weighted by atomic mass is 9.97. The Bertz CT molecular complexity index is 1500. The van der Waals surface area contributed by atoms with Gasteiger partial charge in [0.25, 0.3) is 0 Å². The standard InChI is InChI=1S/C29H32ClN5O5/c1-17(2)39-28(38)35-24-11-9-19(21-13-18(15-31)8-10-23(21)30)14-22(24)25(33-35)32-26(36)20-7-6-12-34(16-20)27(37)40-29(3,4)5/h8-11,13-14,17,20H,6-7,12,16H2,1-5H3,(H,32,33,36)/t20-/m1/s1. The number of amides is 2. The molecule has 0 spiro atoms. The molecule has 1 atom stereocenters. The van der Waals surface area contributed by atoms with E-state index >= 15 is 0 Å². The number of likely N-dealkylation sites (tertiary alicyclic amines) is 1. The Labute approximate surface area is 237 Å². The van der Waals surface area contributed by atoms with E-state index in [-0.39, 0.29) is 24.4 Å². The molecule has 4 rings (SSSR count). The van der Waals surface area contributed by atoms with Crippen LogP contribution in [-0.2, 0) is 14.3 Å². The molecule has 0 bridgehead atoms. The number of hydrogen-bond donors (Lipinski definition) is 1. The number of nitrogens with zero attached hydrogens (tertiary/aromatic N) is 4. The van der Waals surface area contributed by atoms with E-state index in [1.807, 2.05) is 0 Å². The van der Waals surface area contributed by atoms with Gasteiger partial charge in [0.2, 0.25) is 5.91 Å². The Morgan fingerprint density at radius 3 is 2.58 bits per heavy atom. The van der Waals surface area contributed by atoms with E-state index in [0.717, 1.165) is 4.68 Å². The van der Waals surface area contributed by atoms with Crippen molar-refractivity contribution in [3.05, 3.63) is 47.0 Å². The summed E-state index contributed by atoms with van der Waals surface area (Å²) in [5, 5.41) is 17.5. The molecule has 10 nitrogen and oxygen atoms in total. The van der Waals surface area contributed by atoms with Crippen LogP contribution in [0.5, 0.6) is 0 Å². The fraction of sp³-hybridized carbons (Fsp3) is 0.414. The number of piperidine rings is 1. The maximum absolute atomic E-state index is 13.4. The second kappa shape index (κ2) is 11.6. The van der Waals surface area contributed by atoms with Crippen molar-refractivity contribution >= 4 is 46.4 Å². The van der Waals surface area contributed by atoms with E-state index in [0.29, 0.717) is 52.0 Å². The van der Waals surface area contributed by atoms with Crippen molar-refractivity contribution in [1.29, 1.82) is 5.26 Å². The summed E-state index contributed by atoms with van der Waals surface area (Å²) in [6.07, 6.45) is -0.298. The van der Waals surface area contributed by atoms with Crippen molar-refractivity contribution < 1.29 is 23.9 Å². The summed E-state index contributed by atoms with van der Waals surface area (Å²) >= 11 is 6.44. The molecule has 1 aromatic heterocycles. The third-order valence-corrected chi connectivity index (χ3v) is 6.61. The predicted octanol–water partition coefficient (Wildman–Crippen LogP) is 6.21. The molecule has 1 N–H and O–H groups in total. The molecule has 3 aromatic rings. The van der Waals surface area contributed by atoms with Crippen molar-refractivity contribution in [3.8, 4) is 17.2 Å². The van der Waals surface area contributed by atoms with Gasteiger partial charge in [0.1, 0.15) is 5.60 Å². The van der Waals surface area contributed by atoms with Crippen LogP contribution in [0.4, 0.5) is 15.4 Å². The normalized spacial score (nSPS) is 15.6. The Kier molecular flexibility index (Phi) is 8.35. The van der Waals surface area contributed by atoms with Gasteiger partial charge in [-0.25, -0.2) is 9.59 Å². The molecular weight excluding hydrogens is 534 g/mol. The number of aromatic nitrogens is 2. The summed E-state index contributed by atoms with van der Waals surface area (Å²) in [7, 11) is 0. The summed E-state index contributed by atoms with van der Waals surface area (Å²) in [4.78, 5) is 40.4. The molecule has 0 radical (unpaired) electrons. The van der Waals surface area contributed by atoms with Gasteiger partial charge in [-0.1, -0.05) is 17.7 Å². The summed E-state index contributed by atoms with van der Waals surface area (Å²) in [6, 6.07) is 12.3. The fourth-order valence-electron chi connectivity index (χ4n) is 4.49. The van der Waals surface area contributed by atoms with Crippen LogP contribution < -0.4 is 5.32 Å². The number of fused-ring (bicyclic) bond motifs is 1. The molecule has 2 heterocycles. The number of anilines is 1. The highest BCUT2D eigenvalue weighted by molar-refractivity contribution is 6.33. The van der Waals surface area contributed by atoms with Gasteiger partial charge >= 0.3 is 12.2 Å². The quantitative estimate of drug-likeness (QED) is 0.398. The third kappa shape index (κ3) is 6.54. The Morgan fingerprint density at radius 1 is 1.15 bits per heavy atom. The van der Waals surface area contributed by atoms with Crippen molar-refractivity contribution in [3.63, 3.8) is 0 Å². The van der Waals surface area contributed by atoms with Crippen LogP contribution in [0.2, 0.25) is 5.02 Å². The van der Waals surface area contributed by atoms with E-state index in [1.165, 1.54) is 4.90 Å². The smallest absolute Gasteiger partial charge is 0.435 e. The van der Waals surface area contributed by atoms with E-state index < -0.39 is 23.7 Å². The highest BCUT2D eigenvalue weighted by atomic mass is 35.5.